The van der Waals surface area contributed by atoms with Gasteiger partial charge in [-0.2, -0.15) is 0 Å². The minimum absolute atomic E-state index is 0.787. The van der Waals surface area contributed by atoms with Crippen LogP contribution in [-0.4, -0.2) is 0 Å². The molecule has 0 aliphatic heterocycles. The van der Waals surface area contributed by atoms with Gasteiger partial charge in [0.05, 0.1) is 0 Å². The summed E-state index contributed by atoms with van der Waals surface area (Å²) in [5.74, 6) is 3.31. The van der Waals surface area contributed by atoms with Crippen LogP contribution in [0.3, 0.4) is 0 Å². The van der Waals surface area contributed by atoms with Gasteiger partial charge in [-0.3, -0.25) is 0 Å². The lowest BCUT2D eigenvalue weighted by atomic mass is 9.80. The minimum atomic E-state index is 0.787. The lowest BCUT2D eigenvalue weighted by Gasteiger charge is -2.24. The lowest BCUT2D eigenvalue weighted by molar-refractivity contribution is 0.248. The van der Waals surface area contributed by atoms with E-state index in [0.29, 0.717) is 0 Å². The van der Waals surface area contributed by atoms with Gasteiger partial charge >= 0.3 is 0 Å². The van der Waals surface area contributed by atoms with Crippen LogP contribution in [-0.2, 0) is 0 Å². The Morgan fingerprint density at radius 2 is 1.83 bits per heavy atom. The van der Waals surface area contributed by atoms with Gasteiger partial charge < -0.3 is 0 Å². The Labute approximate surface area is 75.7 Å². The topological polar surface area (TPSA) is 0 Å². The zero-order chi connectivity index (χ0) is 8.56. The first-order valence-corrected chi connectivity index (χ1v) is 5.61. The van der Waals surface area contributed by atoms with Crippen LogP contribution in [0.1, 0.15) is 46.5 Å². The van der Waals surface area contributed by atoms with Gasteiger partial charge in [0, 0.05) is 0 Å². The van der Waals surface area contributed by atoms with E-state index in [0.717, 1.165) is 28.6 Å². The lowest BCUT2D eigenvalue weighted by Crippen LogP contribution is -2.16. The largest absolute Gasteiger partial charge is 0.0616 e. The number of hydrogen-bond donors (Lipinski definition) is 0. The van der Waals surface area contributed by atoms with Gasteiger partial charge in [0.2, 0.25) is 0 Å². The molecule has 0 aromatic rings. The van der Waals surface area contributed by atoms with Crippen molar-refractivity contribution in [3.8, 4) is 0 Å². The van der Waals surface area contributed by atoms with Crippen molar-refractivity contribution in [3.05, 3.63) is 0 Å². The molecule has 68 valence electrons. The summed E-state index contributed by atoms with van der Waals surface area (Å²) in [5.41, 5.74) is 1.58. The zero-order valence-corrected chi connectivity index (χ0v) is 8.56. The summed E-state index contributed by atoms with van der Waals surface area (Å²) in [6.45, 7) is 7.47. The molecule has 3 rings (SSSR count). The first-order valence-electron chi connectivity index (χ1n) is 5.61. The van der Waals surface area contributed by atoms with E-state index in [1.165, 1.54) is 25.7 Å². The highest BCUT2D eigenvalue weighted by Gasteiger charge is 2.87. The Morgan fingerprint density at radius 3 is 2.25 bits per heavy atom. The molecule has 0 saturated heterocycles. The number of rotatable bonds is 3. The molecule has 0 aromatic carbocycles. The van der Waals surface area contributed by atoms with Crippen LogP contribution < -0.4 is 0 Å². The Morgan fingerprint density at radius 1 is 1.25 bits per heavy atom. The van der Waals surface area contributed by atoms with Crippen molar-refractivity contribution in [2.24, 2.45) is 28.6 Å². The second-order valence-corrected chi connectivity index (χ2v) is 5.95. The normalized spacial score (nSPS) is 61.2. The summed E-state index contributed by atoms with van der Waals surface area (Å²) in [5, 5.41) is 0. The summed E-state index contributed by atoms with van der Waals surface area (Å²) in [6.07, 6.45) is 6.14. The van der Waals surface area contributed by atoms with Crippen molar-refractivity contribution >= 4 is 0 Å². The van der Waals surface area contributed by atoms with E-state index in [-0.39, 0.29) is 0 Å². The quantitative estimate of drug-likeness (QED) is 0.599. The molecule has 0 N–H and O–H groups in total. The Kier molecular flexibility index (Phi) is 1.09. The van der Waals surface area contributed by atoms with Crippen molar-refractivity contribution in [2.45, 2.75) is 46.5 Å². The van der Waals surface area contributed by atoms with E-state index in [1.807, 2.05) is 0 Å². The van der Waals surface area contributed by atoms with Crippen LogP contribution >= 0.6 is 0 Å². The molecule has 4 atom stereocenters. The van der Waals surface area contributed by atoms with Gasteiger partial charge in [0.25, 0.3) is 0 Å². The standard InChI is InChI=1S/C12H20/c1-8-10-11(2,12(8,10)3)7-6-9-4-5-9/h8-10H,4-7H2,1-3H3. The highest BCUT2D eigenvalue weighted by molar-refractivity contribution is 5.34. The van der Waals surface area contributed by atoms with Crippen LogP contribution in [0.15, 0.2) is 0 Å². The minimum Gasteiger partial charge on any atom is -0.0616 e. The first-order chi connectivity index (χ1) is 5.61. The van der Waals surface area contributed by atoms with Gasteiger partial charge in [0.1, 0.15) is 0 Å². The summed E-state index contributed by atoms with van der Waals surface area (Å²) < 4.78 is 0. The molecule has 0 spiro atoms. The predicted molar refractivity (Wildman–Crippen MR) is 50.8 cm³/mol. The van der Waals surface area contributed by atoms with Gasteiger partial charge in [-0.05, 0) is 41.4 Å². The summed E-state index contributed by atoms with van der Waals surface area (Å²) in [6, 6.07) is 0. The molecule has 4 unspecified atom stereocenters. The third kappa shape index (κ3) is 0.625. The fourth-order valence-corrected chi connectivity index (χ4v) is 3.99. The maximum Gasteiger partial charge on any atom is -0.0204 e. The molecule has 12 heavy (non-hydrogen) atoms. The van der Waals surface area contributed by atoms with E-state index in [4.69, 9.17) is 0 Å². The van der Waals surface area contributed by atoms with E-state index in [1.54, 1.807) is 0 Å². The summed E-state index contributed by atoms with van der Waals surface area (Å²) in [4.78, 5) is 0. The molecule has 0 aromatic heterocycles. The Balaban J connectivity index is 1.58. The van der Waals surface area contributed by atoms with Crippen molar-refractivity contribution in [3.63, 3.8) is 0 Å². The van der Waals surface area contributed by atoms with Gasteiger partial charge in [-0.15, -0.1) is 0 Å². The zero-order valence-electron chi connectivity index (χ0n) is 8.56. The second kappa shape index (κ2) is 1.76. The molecule has 0 heterocycles. The molecular formula is C12H20. The molecule has 0 bridgehead atoms. The Bertz CT molecular complexity index is 228. The van der Waals surface area contributed by atoms with Crippen molar-refractivity contribution in [1.82, 2.24) is 0 Å². The first kappa shape index (κ1) is 7.41. The van der Waals surface area contributed by atoms with Crippen LogP contribution in [0.5, 0.6) is 0 Å². The summed E-state index contributed by atoms with van der Waals surface area (Å²) >= 11 is 0. The molecule has 3 aliphatic rings. The van der Waals surface area contributed by atoms with Crippen LogP contribution in [0.4, 0.5) is 0 Å². The number of fused-ring (bicyclic) bond motifs is 1. The van der Waals surface area contributed by atoms with Crippen molar-refractivity contribution in [1.29, 1.82) is 0 Å². The van der Waals surface area contributed by atoms with E-state index in [2.05, 4.69) is 20.8 Å². The monoisotopic (exact) mass is 164 g/mol. The fraction of sp³-hybridized carbons (Fsp3) is 1.00. The molecule has 3 saturated carbocycles. The maximum atomic E-state index is 2.53. The maximum absolute atomic E-state index is 2.53. The molecule has 0 amide bonds. The van der Waals surface area contributed by atoms with Crippen molar-refractivity contribution < 1.29 is 0 Å². The molecule has 0 nitrogen and oxygen atoms in total. The average Bonchev–Trinajstić information content (AvgIpc) is 2.90. The van der Waals surface area contributed by atoms with Crippen LogP contribution in [0.25, 0.3) is 0 Å². The van der Waals surface area contributed by atoms with E-state index < -0.39 is 0 Å². The third-order valence-corrected chi connectivity index (χ3v) is 5.59. The van der Waals surface area contributed by atoms with Crippen molar-refractivity contribution in [2.75, 3.05) is 0 Å². The molecule has 3 fully saturated rings. The van der Waals surface area contributed by atoms with Gasteiger partial charge in [0.15, 0.2) is 0 Å². The summed E-state index contributed by atoms with van der Waals surface area (Å²) in [7, 11) is 0. The fourth-order valence-electron chi connectivity index (χ4n) is 3.99. The van der Waals surface area contributed by atoms with Crippen LogP contribution in [0, 0.1) is 28.6 Å². The second-order valence-electron chi connectivity index (χ2n) is 5.95. The van der Waals surface area contributed by atoms with Gasteiger partial charge in [-0.25, -0.2) is 0 Å². The van der Waals surface area contributed by atoms with E-state index >= 15 is 0 Å². The molecule has 0 radical (unpaired) electrons. The average molecular weight is 164 g/mol. The third-order valence-electron chi connectivity index (χ3n) is 5.59. The number of hydrogen-bond acceptors (Lipinski definition) is 0. The molecule has 0 heteroatoms. The van der Waals surface area contributed by atoms with E-state index in [9.17, 15) is 0 Å². The highest BCUT2D eigenvalue weighted by atomic mass is 14.9. The molecule has 3 aliphatic carbocycles. The highest BCUT2D eigenvalue weighted by Crippen LogP contribution is 2.92. The Hall–Kier alpha value is 0. The SMILES string of the molecule is CC1C2C(C)(CCC3CC3)C12C. The molecular weight excluding hydrogens is 144 g/mol. The van der Waals surface area contributed by atoms with Crippen LogP contribution in [0.2, 0.25) is 0 Å². The predicted octanol–water partition coefficient (Wildman–Crippen LogP) is 3.47. The smallest absolute Gasteiger partial charge is 0.0204 e. The van der Waals surface area contributed by atoms with Gasteiger partial charge in [-0.1, -0.05) is 33.6 Å².